The number of nitrogens with one attached hydrogen (secondary N) is 1. The van der Waals surface area contributed by atoms with E-state index in [9.17, 15) is 9.59 Å². The number of benzene rings is 1. The summed E-state index contributed by atoms with van der Waals surface area (Å²) in [5.74, 6) is -0.215. The first-order chi connectivity index (χ1) is 12.9. The first kappa shape index (κ1) is 19.8. The molecule has 0 aliphatic carbocycles. The van der Waals surface area contributed by atoms with E-state index in [0.29, 0.717) is 19.4 Å². The molecule has 1 aromatic rings. The van der Waals surface area contributed by atoms with Gasteiger partial charge in [-0.25, -0.2) is 0 Å². The van der Waals surface area contributed by atoms with Crippen LogP contribution >= 0.6 is 0 Å². The third-order valence-corrected chi connectivity index (χ3v) is 5.98. The van der Waals surface area contributed by atoms with Crippen LogP contribution in [0, 0.1) is 13.8 Å². The van der Waals surface area contributed by atoms with Crippen LogP contribution in [-0.2, 0) is 9.59 Å². The number of aryl methyl sites for hydroxylation is 2. The molecule has 2 amide bonds. The number of carbonyl (C=O) groups is 2. The summed E-state index contributed by atoms with van der Waals surface area (Å²) in [5, 5.41) is 3.00. The van der Waals surface area contributed by atoms with Gasteiger partial charge in [-0.2, -0.15) is 0 Å². The summed E-state index contributed by atoms with van der Waals surface area (Å²) in [6, 6.07) is 6.05. The van der Waals surface area contributed by atoms with E-state index >= 15 is 0 Å². The van der Waals surface area contributed by atoms with Gasteiger partial charge < -0.3 is 11.1 Å². The highest BCUT2D eigenvalue weighted by atomic mass is 16.2. The van der Waals surface area contributed by atoms with Crippen molar-refractivity contribution in [1.82, 2.24) is 9.80 Å². The van der Waals surface area contributed by atoms with E-state index in [2.05, 4.69) is 21.2 Å². The number of primary amides is 1. The number of hydrogen-bond donors (Lipinski definition) is 2. The lowest BCUT2D eigenvalue weighted by atomic mass is 9.83. The van der Waals surface area contributed by atoms with Crippen molar-refractivity contribution in [3.63, 3.8) is 0 Å². The Morgan fingerprint density at radius 2 is 1.59 bits per heavy atom. The molecule has 3 rings (SSSR count). The van der Waals surface area contributed by atoms with Crippen LogP contribution in [0.3, 0.4) is 0 Å². The van der Waals surface area contributed by atoms with E-state index < -0.39 is 5.54 Å². The largest absolute Gasteiger partial charge is 0.368 e. The van der Waals surface area contributed by atoms with Gasteiger partial charge in [-0.15, -0.1) is 0 Å². The van der Waals surface area contributed by atoms with Crippen molar-refractivity contribution in [2.75, 3.05) is 38.0 Å². The molecule has 2 aliphatic heterocycles. The molecule has 0 unspecified atom stereocenters. The normalized spacial score (nSPS) is 21.0. The monoisotopic (exact) mass is 372 g/mol. The quantitative estimate of drug-likeness (QED) is 0.829. The van der Waals surface area contributed by atoms with Crippen molar-refractivity contribution >= 4 is 17.5 Å². The van der Waals surface area contributed by atoms with Crippen LogP contribution in [0.5, 0.6) is 0 Å². The predicted octanol–water partition coefficient (Wildman–Crippen LogP) is 2.05. The van der Waals surface area contributed by atoms with Gasteiger partial charge in [0.15, 0.2) is 0 Å². The zero-order chi connectivity index (χ0) is 19.4. The zero-order valence-corrected chi connectivity index (χ0v) is 16.6. The minimum Gasteiger partial charge on any atom is -0.368 e. The lowest BCUT2D eigenvalue weighted by Gasteiger charge is -2.48. The molecule has 1 aromatic carbocycles. The Bertz CT molecular complexity index is 669. The molecule has 2 aliphatic rings. The molecule has 0 spiro atoms. The van der Waals surface area contributed by atoms with Crippen LogP contribution in [0.2, 0.25) is 0 Å². The standard InChI is InChI=1S/C21H32N4O2/c1-16-12-17(2)14-18(13-16)23-19(26)15-24-10-6-21(7-11-24,20(22)27)25-8-4-3-5-9-25/h12-14H,3-11,15H2,1-2H3,(H2,22,27)(H,23,26). The average molecular weight is 373 g/mol. The Morgan fingerprint density at radius 3 is 2.15 bits per heavy atom. The van der Waals surface area contributed by atoms with E-state index in [1.807, 2.05) is 26.0 Å². The Balaban J connectivity index is 1.56. The summed E-state index contributed by atoms with van der Waals surface area (Å²) in [6.07, 6.45) is 4.92. The van der Waals surface area contributed by atoms with Crippen LogP contribution in [0.1, 0.15) is 43.2 Å². The fraction of sp³-hybridized carbons (Fsp3) is 0.619. The van der Waals surface area contributed by atoms with Gasteiger partial charge in [0.2, 0.25) is 11.8 Å². The summed E-state index contributed by atoms with van der Waals surface area (Å²) >= 11 is 0. The number of anilines is 1. The van der Waals surface area contributed by atoms with Crippen molar-refractivity contribution in [2.45, 2.75) is 51.5 Å². The minimum absolute atomic E-state index is 0.00968. The highest BCUT2D eigenvalue weighted by molar-refractivity contribution is 5.92. The molecule has 3 N–H and O–H groups in total. The number of carbonyl (C=O) groups excluding carboxylic acids is 2. The predicted molar refractivity (Wildman–Crippen MR) is 108 cm³/mol. The number of hydrogen-bond acceptors (Lipinski definition) is 4. The van der Waals surface area contributed by atoms with Crippen LogP contribution in [-0.4, -0.2) is 59.9 Å². The molecule has 2 fully saturated rings. The molecule has 0 radical (unpaired) electrons. The topological polar surface area (TPSA) is 78.7 Å². The number of likely N-dealkylation sites (tertiary alicyclic amines) is 2. The van der Waals surface area contributed by atoms with Gasteiger partial charge in [0.25, 0.3) is 0 Å². The first-order valence-corrected chi connectivity index (χ1v) is 10.0. The molecule has 148 valence electrons. The smallest absolute Gasteiger partial charge is 0.238 e. The fourth-order valence-electron chi connectivity index (χ4n) is 4.57. The van der Waals surface area contributed by atoms with Crippen LogP contribution in [0.15, 0.2) is 18.2 Å². The van der Waals surface area contributed by atoms with Crippen molar-refractivity contribution in [3.05, 3.63) is 29.3 Å². The Hall–Kier alpha value is -1.92. The second-order valence-electron chi connectivity index (χ2n) is 8.14. The number of nitrogens with two attached hydrogens (primary N) is 1. The van der Waals surface area contributed by atoms with E-state index in [1.165, 1.54) is 6.42 Å². The minimum atomic E-state index is -0.527. The first-order valence-electron chi connectivity index (χ1n) is 10.0. The average Bonchev–Trinajstić information content (AvgIpc) is 2.62. The Kier molecular flexibility index (Phi) is 6.17. The Labute approximate surface area is 162 Å². The van der Waals surface area contributed by atoms with E-state index in [-0.39, 0.29) is 11.8 Å². The van der Waals surface area contributed by atoms with Crippen molar-refractivity contribution in [3.8, 4) is 0 Å². The fourth-order valence-corrected chi connectivity index (χ4v) is 4.57. The van der Waals surface area contributed by atoms with Gasteiger partial charge in [-0.3, -0.25) is 19.4 Å². The summed E-state index contributed by atoms with van der Waals surface area (Å²) < 4.78 is 0. The van der Waals surface area contributed by atoms with Gasteiger partial charge in [0, 0.05) is 18.8 Å². The summed E-state index contributed by atoms with van der Waals surface area (Å²) in [5.41, 5.74) is 8.42. The molecular formula is C21H32N4O2. The van der Waals surface area contributed by atoms with Gasteiger partial charge >= 0.3 is 0 Å². The molecule has 0 saturated carbocycles. The maximum atomic E-state index is 12.4. The van der Waals surface area contributed by atoms with Crippen LogP contribution in [0.4, 0.5) is 5.69 Å². The van der Waals surface area contributed by atoms with E-state index in [4.69, 9.17) is 5.73 Å². The maximum Gasteiger partial charge on any atom is 0.238 e. The molecule has 27 heavy (non-hydrogen) atoms. The number of nitrogens with zero attached hydrogens (tertiary/aromatic N) is 2. The van der Waals surface area contributed by atoms with Crippen LogP contribution in [0.25, 0.3) is 0 Å². The molecule has 0 bridgehead atoms. The molecule has 2 saturated heterocycles. The van der Waals surface area contributed by atoms with E-state index in [1.54, 1.807) is 0 Å². The SMILES string of the molecule is Cc1cc(C)cc(NC(=O)CN2CCC(C(N)=O)(N3CCCCC3)CC2)c1. The van der Waals surface area contributed by atoms with E-state index in [0.717, 1.165) is 55.8 Å². The lowest BCUT2D eigenvalue weighted by Crippen LogP contribution is -2.63. The van der Waals surface area contributed by atoms with Crippen molar-refractivity contribution in [1.29, 1.82) is 0 Å². The third-order valence-electron chi connectivity index (χ3n) is 5.98. The van der Waals surface area contributed by atoms with Gasteiger partial charge in [0.1, 0.15) is 5.54 Å². The molecule has 6 nitrogen and oxygen atoms in total. The highest BCUT2D eigenvalue weighted by Crippen LogP contribution is 2.31. The van der Waals surface area contributed by atoms with Gasteiger partial charge in [-0.1, -0.05) is 12.5 Å². The van der Waals surface area contributed by atoms with Crippen molar-refractivity contribution in [2.24, 2.45) is 5.73 Å². The van der Waals surface area contributed by atoms with Gasteiger partial charge in [-0.05, 0) is 75.9 Å². The number of piperidine rings is 2. The second kappa shape index (κ2) is 8.40. The highest BCUT2D eigenvalue weighted by Gasteiger charge is 2.45. The summed E-state index contributed by atoms with van der Waals surface area (Å²) in [4.78, 5) is 29.2. The number of rotatable bonds is 5. The second-order valence-corrected chi connectivity index (χ2v) is 8.14. The van der Waals surface area contributed by atoms with Crippen LogP contribution < -0.4 is 11.1 Å². The Morgan fingerprint density at radius 1 is 1.00 bits per heavy atom. The molecule has 0 atom stereocenters. The zero-order valence-electron chi connectivity index (χ0n) is 16.6. The molecule has 0 aromatic heterocycles. The molecule has 6 heteroatoms. The third kappa shape index (κ3) is 4.68. The lowest BCUT2D eigenvalue weighted by molar-refractivity contribution is -0.135. The summed E-state index contributed by atoms with van der Waals surface area (Å²) in [6.45, 7) is 7.75. The van der Waals surface area contributed by atoms with Crippen molar-refractivity contribution < 1.29 is 9.59 Å². The van der Waals surface area contributed by atoms with Gasteiger partial charge in [0.05, 0.1) is 6.54 Å². The summed E-state index contributed by atoms with van der Waals surface area (Å²) in [7, 11) is 0. The number of amides is 2. The maximum absolute atomic E-state index is 12.4. The molecule has 2 heterocycles. The molecular weight excluding hydrogens is 340 g/mol.